The fourth-order valence-electron chi connectivity index (χ4n) is 2.82. The first-order chi connectivity index (χ1) is 10.6. The van der Waals surface area contributed by atoms with Crippen molar-refractivity contribution in [2.45, 2.75) is 50.4 Å². The molecule has 1 fully saturated rings. The summed E-state index contributed by atoms with van der Waals surface area (Å²) in [5.41, 5.74) is 0.969. The maximum absolute atomic E-state index is 12.0. The average molecular weight is 343 g/mol. The molecule has 1 aliphatic carbocycles. The Labute approximate surface area is 139 Å². The van der Waals surface area contributed by atoms with Crippen LogP contribution >= 0.6 is 11.6 Å². The minimum Gasteiger partial charge on any atom is -0.335 e. The first-order valence-corrected chi connectivity index (χ1v) is 9.50. The quantitative estimate of drug-likeness (QED) is 0.863. The summed E-state index contributed by atoms with van der Waals surface area (Å²) in [5, 5.41) is 6.73. The molecule has 2 amide bonds. The van der Waals surface area contributed by atoms with Gasteiger partial charge in [0, 0.05) is 39.4 Å². The number of carbonyl (C=O) groups excluding carboxylic acids is 1. The molecule has 3 atom stereocenters. The Kier molecular flexibility index (Phi) is 6.70. The highest BCUT2D eigenvalue weighted by molar-refractivity contribution is 7.85. The van der Waals surface area contributed by atoms with Crippen LogP contribution in [0.15, 0.2) is 24.3 Å². The monoisotopic (exact) mass is 342 g/mol. The van der Waals surface area contributed by atoms with Crippen molar-refractivity contribution in [3.63, 3.8) is 0 Å². The zero-order chi connectivity index (χ0) is 15.9. The largest absolute Gasteiger partial charge is 0.335 e. The SMILES string of the molecule is CC[S@@](=O)[C@@H]1CCC[C@H](NC(=O)NCc2cccc(Cl)c2)C1. The van der Waals surface area contributed by atoms with Crippen LogP contribution in [0, 0.1) is 0 Å². The molecule has 22 heavy (non-hydrogen) atoms. The molecule has 1 saturated carbocycles. The highest BCUT2D eigenvalue weighted by atomic mass is 35.5. The lowest BCUT2D eigenvalue weighted by Gasteiger charge is -2.29. The number of hydrogen-bond donors (Lipinski definition) is 2. The highest BCUT2D eigenvalue weighted by Crippen LogP contribution is 2.23. The molecule has 0 unspecified atom stereocenters. The van der Waals surface area contributed by atoms with Crippen LogP contribution in [0.1, 0.15) is 38.2 Å². The summed E-state index contributed by atoms with van der Waals surface area (Å²) in [7, 11) is -0.771. The molecule has 0 bridgehead atoms. The van der Waals surface area contributed by atoms with Crippen molar-refractivity contribution < 1.29 is 9.00 Å². The number of hydrogen-bond acceptors (Lipinski definition) is 2. The fourth-order valence-corrected chi connectivity index (χ4v) is 4.38. The third-order valence-corrected chi connectivity index (χ3v) is 5.94. The number of urea groups is 1. The van der Waals surface area contributed by atoms with Crippen LogP contribution in [0.25, 0.3) is 0 Å². The Morgan fingerprint density at radius 2 is 2.23 bits per heavy atom. The summed E-state index contributed by atoms with van der Waals surface area (Å²) in [5.74, 6) is 0.693. The number of benzene rings is 1. The lowest BCUT2D eigenvalue weighted by molar-refractivity contribution is 0.232. The van der Waals surface area contributed by atoms with Gasteiger partial charge in [0.1, 0.15) is 0 Å². The summed E-state index contributed by atoms with van der Waals surface area (Å²) in [6, 6.07) is 7.38. The maximum Gasteiger partial charge on any atom is 0.315 e. The second-order valence-corrected chi connectivity index (χ2v) is 8.05. The number of amides is 2. The first kappa shape index (κ1) is 17.3. The van der Waals surface area contributed by atoms with Crippen molar-refractivity contribution in [2.75, 3.05) is 5.75 Å². The van der Waals surface area contributed by atoms with Gasteiger partial charge in [-0.3, -0.25) is 4.21 Å². The van der Waals surface area contributed by atoms with Crippen molar-refractivity contribution in [1.29, 1.82) is 0 Å². The van der Waals surface area contributed by atoms with Crippen LogP contribution in [0.3, 0.4) is 0 Å². The van der Waals surface area contributed by atoms with E-state index in [2.05, 4.69) is 10.6 Å². The van der Waals surface area contributed by atoms with Crippen molar-refractivity contribution in [3.05, 3.63) is 34.9 Å². The standard InChI is InChI=1S/C16H23ClN2O2S/c1-2-22(21)15-8-4-7-14(10-15)19-16(20)18-11-12-5-3-6-13(17)9-12/h3,5-6,9,14-15H,2,4,7-8,10-11H2,1H3,(H2,18,19,20)/t14-,15+,22+/m0/s1. The van der Waals surface area contributed by atoms with E-state index < -0.39 is 10.8 Å². The fraction of sp³-hybridized carbons (Fsp3) is 0.562. The van der Waals surface area contributed by atoms with E-state index in [0.717, 1.165) is 31.2 Å². The van der Waals surface area contributed by atoms with Gasteiger partial charge in [-0.05, 0) is 37.0 Å². The molecular formula is C16H23ClN2O2S. The minimum absolute atomic E-state index is 0.119. The van der Waals surface area contributed by atoms with Crippen molar-refractivity contribution >= 4 is 28.4 Å². The molecule has 0 spiro atoms. The minimum atomic E-state index is -0.771. The Hall–Kier alpha value is -1.07. The summed E-state index contributed by atoms with van der Waals surface area (Å²) < 4.78 is 11.9. The van der Waals surface area contributed by atoms with E-state index in [9.17, 15) is 9.00 Å². The predicted octanol–water partition coefficient (Wildman–Crippen LogP) is 3.22. The molecule has 6 heteroatoms. The molecular weight excluding hydrogens is 320 g/mol. The van der Waals surface area contributed by atoms with Gasteiger partial charge in [0.05, 0.1) is 0 Å². The average Bonchev–Trinajstić information content (AvgIpc) is 2.52. The summed E-state index contributed by atoms with van der Waals surface area (Å²) in [6.45, 7) is 2.40. The Bertz CT molecular complexity index is 539. The van der Waals surface area contributed by atoms with E-state index in [1.807, 2.05) is 25.1 Å². The lowest BCUT2D eigenvalue weighted by Crippen LogP contribution is -2.45. The third kappa shape index (κ3) is 5.29. The van der Waals surface area contributed by atoms with Crippen molar-refractivity contribution in [3.8, 4) is 0 Å². The molecule has 4 nitrogen and oxygen atoms in total. The Balaban J connectivity index is 1.78. The number of carbonyl (C=O) groups is 1. The van der Waals surface area contributed by atoms with E-state index in [-0.39, 0.29) is 17.3 Å². The predicted molar refractivity (Wildman–Crippen MR) is 91.6 cm³/mol. The topological polar surface area (TPSA) is 58.2 Å². The Morgan fingerprint density at radius 1 is 1.41 bits per heavy atom. The van der Waals surface area contributed by atoms with Crippen LogP contribution < -0.4 is 10.6 Å². The molecule has 1 aromatic rings. The highest BCUT2D eigenvalue weighted by Gasteiger charge is 2.26. The van der Waals surface area contributed by atoms with Crippen LogP contribution in [0.5, 0.6) is 0 Å². The molecule has 0 aliphatic heterocycles. The molecule has 0 heterocycles. The van der Waals surface area contributed by atoms with Gasteiger partial charge >= 0.3 is 6.03 Å². The lowest BCUT2D eigenvalue weighted by atomic mass is 9.95. The Morgan fingerprint density at radius 3 is 2.95 bits per heavy atom. The van der Waals surface area contributed by atoms with Gasteiger partial charge in [0.15, 0.2) is 0 Å². The molecule has 2 N–H and O–H groups in total. The van der Waals surface area contributed by atoms with Crippen LogP contribution in [0.2, 0.25) is 5.02 Å². The van der Waals surface area contributed by atoms with E-state index in [1.54, 1.807) is 6.07 Å². The molecule has 1 aromatic carbocycles. The molecule has 0 aromatic heterocycles. The molecule has 122 valence electrons. The van der Waals surface area contributed by atoms with Crippen molar-refractivity contribution in [1.82, 2.24) is 10.6 Å². The van der Waals surface area contributed by atoms with E-state index in [1.165, 1.54) is 0 Å². The molecule has 1 aliphatic rings. The smallest absolute Gasteiger partial charge is 0.315 e. The second kappa shape index (κ2) is 8.53. The van der Waals surface area contributed by atoms with E-state index in [0.29, 0.717) is 17.3 Å². The maximum atomic E-state index is 12.0. The van der Waals surface area contributed by atoms with Gasteiger partial charge in [-0.25, -0.2) is 4.79 Å². The van der Waals surface area contributed by atoms with E-state index >= 15 is 0 Å². The summed E-state index contributed by atoms with van der Waals surface area (Å²) >= 11 is 5.92. The summed E-state index contributed by atoms with van der Waals surface area (Å²) in [6.07, 6.45) is 3.80. The normalized spacial score (nSPS) is 22.8. The number of rotatable bonds is 5. The zero-order valence-electron chi connectivity index (χ0n) is 12.8. The number of halogens is 1. The van der Waals surface area contributed by atoms with Gasteiger partial charge in [0.25, 0.3) is 0 Å². The van der Waals surface area contributed by atoms with E-state index in [4.69, 9.17) is 11.6 Å². The van der Waals surface area contributed by atoms with Crippen LogP contribution in [0.4, 0.5) is 4.79 Å². The molecule has 0 saturated heterocycles. The number of nitrogens with one attached hydrogen (secondary N) is 2. The van der Waals surface area contributed by atoms with Crippen LogP contribution in [-0.4, -0.2) is 27.3 Å². The second-order valence-electron chi connectivity index (χ2n) is 5.61. The van der Waals surface area contributed by atoms with Crippen molar-refractivity contribution in [2.24, 2.45) is 0 Å². The first-order valence-electron chi connectivity index (χ1n) is 7.74. The molecule has 0 radical (unpaired) electrons. The van der Waals surface area contributed by atoms with Crippen LogP contribution in [-0.2, 0) is 17.3 Å². The zero-order valence-corrected chi connectivity index (χ0v) is 14.4. The van der Waals surface area contributed by atoms with Gasteiger partial charge in [-0.15, -0.1) is 0 Å². The van der Waals surface area contributed by atoms with Gasteiger partial charge in [0.2, 0.25) is 0 Å². The van der Waals surface area contributed by atoms with Gasteiger partial charge in [-0.2, -0.15) is 0 Å². The summed E-state index contributed by atoms with van der Waals surface area (Å²) in [4.78, 5) is 12.0. The van der Waals surface area contributed by atoms with Gasteiger partial charge in [-0.1, -0.05) is 37.1 Å². The molecule has 2 rings (SSSR count). The van der Waals surface area contributed by atoms with Gasteiger partial charge < -0.3 is 10.6 Å². The third-order valence-electron chi connectivity index (χ3n) is 3.96.